The highest BCUT2D eigenvalue weighted by Crippen LogP contribution is 2.11. The molecule has 1 amide bonds. The number of amidine groups is 1. The fraction of sp³-hybridized carbons (Fsp3) is 0.381. The molecule has 1 atom stereocenters. The molecule has 0 unspecified atom stereocenters. The highest BCUT2D eigenvalue weighted by atomic mass is 19.1. The molecule has 10 heteroatoms. The minimum absolute atomic E-state index is 0.147. The van der Waals surface area contributed by atoms with E-state index in [1.807, 2.05) is 20.8 Å². The normalized spacial score (nSPS) is 16.2. The van der Waals surface area contributed by atoms with Crippen molar-refractivity contribution in [2.24, 2.45) is 15.1 Å². The van der Waals surface area contributed by atoms with E-state index in [-0.39, 0.29) is 23.7 Å². The van der Waals surface area contributed by atoms with Crippen LogP contribution in [0.3, 0.4) is 0 Å². The van der Waals surface area contributed by atoms with E-state index in [0.717, 1.165) is 11.3 Å². The molecule has 1 aliphatic rings. The molecule has 1 aliphatic heterocycles. The van der Waals surface area contributed by atoms with E-state index in [1.165, 1.54) is 12.1 Å². The van der Waals surface area contributed by atoms with E-state index in [2.05, 4.69) is 30.9 Å². The van der Waals surface area contributed by atoms with Gasteiger partial charge in [-0.05, 0) is 44.5 Å². The number of nitrogens with zero attached hydrogens (tertiary/aromatic N) is 5. The van der Waals surface area contributed by atoms with Gasteiger partial charge >= 0.3 is 0 Å². The first-order valence-electron chi connectivity index (χ1n) is 9.98. The van der Waals surface area contributed by atoms with E-state index in [0.29, 0.717) is 36.8 Å². The second-order valence-electron chi connectivity index (χ2n) is 7.11. The fourth-order valence-corrected chi connectivity index (χ4v) is 3.08. The lowest BCUT2D eigenvalue weighted by Gasteiger charge is -2.10. The molecule has 31 heavy (non-hydrogen) atoms. The van der Waals surface area contributed by atoms with E-state index < -0.39 is 0 Å². The van der Waals surface area contributed by atoms with Crippen molar-refractivity contribution >= 4 is 23.4 Å². The molecule has 0 saturated carbocycles. The second kappa shape index (κ2) is 10.1. The molecule has 0 bridgehead atoms. The van der Waals surface area contributed by atoms with Gasteiger partial charge in [0.2, 0.25) is 5.96 Å². The van der Waals surface area contributed by atoms with Crippen LogP contribution in [0, 0.1) is 12.7 Å². The van der Waals surface area contributed by atoms with Gasteiger partial charge in [0.15, 0.2) is 0 Å². The number of guanidine groups is 1. The summed E-state index contributed by atoms with van der Waals surface area (Å²) in [5, 5.41) is 11.3. The van der Waals surface area contributed by atoms with Crippen LogP contribution in [0.25, 0.3) is 0 Å². The monoisotopic (exact) mass is 427 g/mol. The number of nitrogens with one attached hydrogen (secondary N) is 2. The Balaban J connectivity index is 1.79. The van der Waals surface area contributed by atoms with Gasteiger partial charge in [0.25, 0.3) is 5.91 Å². The Morgan fingerprint density at radius 3 is 2.81 bits per heavy atom. The van der Waals surface area contributed by atoms with Crippen LogP contribution in [0.15, 0.2) is 45.4 Å². The molecule has 2 N–H and O–H groups in total. The van der Waals surface area contributed by atoms with Gasteiger partial charge < -0.3 is 4.74 Å². The van der Waals surface area contributed by atoms with Crippen LogP contribution in [0.5, 0.6) is 0 Å². The molecule has 0 saturated heterocycles. The quantitative estimate of drug-likeness (QED) is 0.545. The number of hydrogen-bond donors (Lipinski definition) is 2. The number of halogens is 1. The zero-order valence-corrected chi connectivity index (χ0v) is 18.0. The summed E-state index contributed by atoms with van der Waals surface area (Å²) < 4.78 is 19.9. The van der Waals surface area contributed by atoms with Crippen molar-refractivity contribution in [1.82, 2.24) is 20.5 Å². The largest absolute Gasteiger partial charge is 0.382 e. The van der Waals surface area contributed by atoms with Gasteiger partial charge in [0, 0.05) is 13.7 Å². The van der Waals surface area contributed by atoms with Gasteiger partial charge in [-0.15, -0.1) is 0 Å². The lowest BCUT2D eigenvalue weighted by Crippen LogP contribution is -2.34. The van der Waals surface area contributed by atoms with Crippen LogP contribution in [-0.4, -0.2) is 53.0 Å². The molecular formula is C21H26FN7O2. The van der Waals surface area contributed by atoms with Crippen molar-refractivity contribution < 1.29 is 13.9 Å². The lowest BCUT2D eigenvalue weighted by molar-refractivity contribution is 0.0966. The standard InChI is InChI=1S/C21H26FN7O2/c1-5-29-18(10-13(2)28-29)20(30)25-21(23-14(3)12-31-4)24-19-11-17(26-27-19)15-6-8-16(22)9-7-15/h6-10,14H,5,11-12H2,1-4H3,(H2,23,24,25,27,30)/t14-/m0/s1. The van der Waals surface area contributed by atoms with Crippen LogP contribution in [0.1, 0.15) is 42.0 Å². The minimum atomic E-state index is -0.354. The van der Waals surface area contributed by atoms with Crippen LogP contribution in [0.4, 0.5) is 4.39 Å². The number of rotatable bonds is 6. The number of hydrazone groups is 1. The van der Waals surface area contributed by atoms with Crippen molar-refractivity contribution in [2.75, 3.05) is 13.7 Å². The van der Waals surface area contributed by atoms with Crippen molar-refractivity contribution in [3.63, 3.8) is 0 Å². The Kier molecular flexibility index (Phi) is 7.24. The Bertz CT molecular complexity index is 1020. The molecule has 2 aromatic rings. The molecule has 0 fully saturated rings. The average Bonchev–Trinajstić information content (AvgIpc) is 3.35. The predicted octanol–water partition coefficient (Wildman–Crippen LogP) is 2.27. The summed E-state index contributed by atoms with van der Waals surface area (Å²) in [4.78, 5) is 21.8. The molecule has 1 aromatic carbocycles. The topological polar surface area (TPSA) is 105 Å². The third kappa shape index (κ3) is 5.82. The van der Waals surface area contributed by atoms with Crippen LogP contribution >= 0.6 is 0 Å². The smallest absolute Gasteiger partial charge is 0.276 e. The lowest BCUT2D eigenvalue weighted by atomic mass is 10.1. The summed E-state index contributed by atoms with van der Waals surface area (Å²) in [6.07, 6.45) is 0.394. The summed E-state index contributed by atoms with van der Waals surface area (Å²) in [7, 11) is 1.58. The number of carbonyl (C=O) groups is 1. The number of hydrogen-bond acceptors (Lipinski definition) is 5. The highest BCUT2D eigenvalue weighted by Gasteiger charge is 2.19. The van der Waals surface area contributed by atoms with Crippen LogP contribution < -0.4 is 10.7 Å². The van der Waals surface area contributed by atoms with Crippen molar-refractivity contribution in [1.29, 1.82) is 0 Å². The summed E-state index contributed by atoms with van der Waals surface area (Å²) in [6.45, 7) is 6.54. The number of aromatic nitrogens is 2. The van der Waals surface area contributed by atoms with Gasteiger partial charge in [0.1, 0.15) is 17.3 Å². The predicted molar refractivity (Wildman–Crippen MR) is 117 cm³/mol. The van der Waals surface area contributed by atoms with Gasteiger partial charge in [-0.25, -0.2) is 9.38 Å². The Labute approximate surface area is 180 Å². The number of benzene rings is 1. The molecule has 9 nitrogen and oxygen atoms in total. The second-order valence-corrected chi connectivity index (χ2v) is 7.11. The number of methoxy groups -OCH3 is 1. The Morgan fingerprint density at radius 2 is 2.13 bits per heavy atom. The Hall–Kier alpha value is -3.40. The van der Waals surface area contributed by atoms with Crippen LogP contribution in [0.2, 0.25) is 0 Å². The maximum atomic E-state index is 13.2. The summed E-state index contributed by atoms with van der Waals surface area (Å²) >= 11 is 0. The number of carbonyl (C=O) groups excluding carboxylic acids is 1. The van der Waals surface area contributed by atoms with E-state index in [1.54, 1.807) is 30.0 Å². The van der Waals surface area contributed by atoms with E-state index in [9.17, 15) is 9.18 Å². The summed E-state index contributed by atoms with van der Waals surface area (Å²) in [5.74, 6) is 0.000130. The van der Waals surface area contributed by atoms with Gasteiger partial charge in [-0.2, -0.15) is 15.2 Å². The van der Waals surface area contributed by atoms with Crippen molar-refractivity contribution in [2.45, 2.75) is 39.8 Å². The van der Waals surface area contributed by atoms with Gasteiger partial charge in [-0.3, -0.25) is 20.2 Å². The summed E-state index contributed by atoms with van der Waals surface area (Å²) in [6, 6.07) is 7.57. The molecule has 164 valence electrons. The first-order valence-corrected chi connectivity index (χ1v) is 9.98. The molecule has 0 aliphatic carbocycles. The van der Waals surface area contributed by atoms with Gasteiger partial charge in [-0.1, -0.05) is 12.1 Å². The molecule has 1 aromatic heterocycles. The highest BCUT2D eigenvalue weighted by molar-refractivity contribution is 6.18. The SMILES string of the molecule is CCn1nc(C)cc1C(=O)NC(N=C1CC(c2ccc(F)cc2)=NN1)=N[C@@H](C)COC. The number of aliphatic imine (C=N–C) groups is 2. The van der Waals surface area contributed by atoms with Crippen molar-refractivity contribution in [3.8, 4) is 0 Å². The maximum Gasteiger partial charge on any atom is 0.276 e. The average molecular weight is 427 g/mol. The summed E-state index contributed by atoms with van der Waals surface area (Å²) in [5.41, 5.74) is 5.54. The van der Waals surface area contributed by atoms with Crippen LogP contribution in [-0.2, 0) is 11.3 Å². The van der Waals surface area contributed by atoms with Crippen molar-refractivity contribution in [3.05, 3.63) is 53.1 Å². The molecule has 2 heterocycles. The Morgan fingerprint density at radius 1 is 1.39 bits per heavy atom. The maximum absolute atomic E-state index is 13.2. The zero-order valence-electron chi connectivity index (χ0n) is 18.0. The fourth-order valence-electron chi connectivity index (χ4n) is 3.08. The number of ether oxygens (including phenoxy) is 1. The third-order valence-electron chi connectivity index (χ3n) is 4.48. The first-order chi connectivity index (χ1) is 14.9. The molecule has 0 radical (unpaired) electrons. The zero-order chi connectivity index (χ0) is 22.4. The number of amides is 1. The van der Waals surface area contributed by atoms with E-state index >= 15 is 0 Å². The number of aryl methyl sites for hydroxylation is 2. The molecular weight excluding hydrogens is 401 g/mol. The molecule has 0 spiro atoms. The first kappa shape index (κ1) is 22.3. The minimum Gasteiger partial charge on any atom is -0.382 e. The van der Waals surface area contributed by atoms with E-state index in [4.69, 9.17) is 4.74 Å². The molecule has 3 rings (SSSR count). The third-order valence-corrected chi connectivity index (χ3v) is 4.48. The van der Waals surface area contributed by atoms with Gasteiger partial charge in [0.05, 0.1) is 30.5 Å².